The number of benzene rings is 1. The standard InChI is InChI=1S/C12H12O6/c1-16-11(14)7-5-8(13)6-3-4-18-10(6)9(7)12(15)17-2/h5,13H,3-4H2,1-2H3. The predicted molar refractivity (Wildman–Crippen MR) is 60.0 cm³/mol. The van der Waals surface area contributed by atoms with Crippen molar-refractivity contribution in [1.29, 1.82) is 0 Å². The van der Waals surface area contributed by atoms with E-state index in [0.29, 0.717) is 18.6 Å². The van der Waals surface area contributed by atoms with Crippen molar-refractivity contribution in [2.45, 2.75) is 6.42 Å². The topological polar surface area (TPSA) is 82.1 Å². The third-order valence-electron chi connectivity index (χ3n) is 2.75. The summed E-state index contributed by atoms with van der Waals surface area (Å²) in [5.74, 6) is -1.32. The molecule has 1 N–H and O–H groups in total. The second-order valence-electron chi connectivity index (χ2n) is 3.71. The summed E-state index contributed by atoms with van der Waals surface area (Å²) in [6, 6.07) is 1.20. The third kappa shape index (κ3) is 1.75. The van der Waals surface area contributed by atoms with Gasteiger partial charge in [0, 0.05) is 12.0 Å². The van der Waals surface area contributed by atoms with Crippen molar-refractivity contribution in [3.8, 4) is 11.5 Å². The summed E-state index contributed by atoms with van der Waals surface area (Å²) in [5.41, 5.74) is 0.431. The van der Waals surface area contributed by atoms with Gasteiger partial charge in [-0.3, -0.25) is 0 Å². The predicted octanol–water partition coefficient (Wildman–Crippen LogP) is 0.900. The van der Waals surface area contributed by atoms with E-state index in [1.54, 1.807) is 0 Å². The highest BCUT2D eigenvalue weighted by Crippen LogP contribution is 2.39. The lowest BCUT2D eigenvalue weighted by atomic mass is 10.0. The molecule has 1 heterocycles. The molecule has 18 heavy (non-hydrogen) atoms. The van der Waals surface area contributed by atoms with E-state index in [0.717, 1.165) is 0 Å². The van der Waals surface area contributed by atoms with Crippen molar-refractivity contribution in [1.82, 2.24) is 0 Å². The van der Waals surface area contributed by atoms with Gasteiger partial charge in [-0.2, -0.15) is 0 Å². The first-order valence-corrected chi connectivity index (χ1v) is 5.28. The number of phenols is 1. The van der Waals surface area contributed by atoms with Crippen LogP contribution in [0.4, 0.5) is 0 Å². The lowest BCUT2D eigenvalue weighted by Gasteiger charge is -2.11. The monoisotopic (exact) mass is 252 g/mol. The molecule has 1 aliphatic heterocycles. The molecule has 1 aliphatic rings. The second kappa shape index (κ2) is 4.56. The quantitative estimate of drug-likeness (QED) is 0.787. The van der Waals surface area contributed by atoms with E-state index in [1.807, 2.05) is 0 Å². The van der Waals surface area contributed by atoms with Gasteiger partial charge in [-0.05, 0) is 6.07 Å². The summed E-state index contributed by atoms with van der Waals surface area (Å²) >= 11 is 0. The molecule has 0 amide bonds. The van der Waals surface area contributed by atoms with Crippen LogP contribution in [-0.2, 0) is 15.9 Å². The fourth-order valence-corrected chi connectivity index (χ4v) is 1.92. The molecule has 0 saturated carbocycles. The van der Waals surface area contributed by atoms with E-state index >= 15 is 0 Å². The molecule has 0 fully saturated rings. The molecule has 0 bridgehead atoms. The largest absolute Gasteiger partial charge is 0.508 e. The van der Waals surface area contributed by atoms with Crippen molar-refractivity contribution in [2.75, 3.05) is 20.8 Å². The van der Waals surface area contributed by atoms with Crippen LogP contribution < -0.4 is 4.74 Å². The van der Waals surface area contributed by atoms with Crippen molar-refractivity contribution >= 4 is 11.9 Å². The van der Waals surface area contributed by atoms with Gasteiger partial charge in [0.25, 0.3) is 0 Å². The van der Waals surface area contributed by atoms with Gasteiger partial charge < -0.3 is 19.3 Å². The number of hydrogen-bond acceptors (Lipinski definition) is 6. The first-order chi connectivity index (χ1) is 8.60. The molecule has 0 unspecified atom stereocenters. The lowest BCUT2D eigenvalue weighted by molar-refractivity contribution is 0.0551. The van der Waals surface area contributed by atoms with Crippen LogP contribution in [0.5, 0.6) is 11.5 Å². The van der Waals surface area contributed by atoms with E-state index in [9.17, 15) is 14.7 Å². The Morgan fingerprint density at radius 3 is 2.56 bits per heavy atom. The van der Waals surface area contributed by atoms with E-state index in [1.165, 1.54) is 20.3 Å². The number of carbonyl (C=O) groups excluding carboxylic acids is 2. The van der Waals surface area contributed by atoms with Crippen LogP contribution in [0, 0.1) is 0 Å². The Morgan fingerprint density at radius 1 is 1.28 bits per heavy atom. The van der Waals surface area contributed by atoms with Gasteiger partial charge >= 0.3 is 11.9 Å². The average molecular weight is 252 g/mol. The van der Waals surface area contributed by atoms with Crippen LogP contribution in [0.1, 0.15) is 26.3 Å². The Kier molecular flexibility index (Phi) is 3.10. The third-order valence-corrected chi connectivity index (χ3v) is 2.75. The van der Waals surface area contributed by atoms with Crippen molar-refractivity contribution in [3.63, 3.8) is 0 Å². The van der Waals surface area contributed by atoms with Crippen molar-refractivity contribution in [2.24, 2.45) is 0 Å². The van der Waals surface area contributed by atoms with Crippen LogP contribution in [0.15, 0.2) is 6.07 Å². The summed E-state index contributed by atoms with van der Waals surface area (Å²) in [5, 5.41) is 9.80. The van der Waals surface area contributed by atoms with Crippen molar-refractivity contribution < 1.29 is 28.9 Å². The van der Waals surface area contributed by atoms with Gasteiger partial charge in [-0.1, -0.05) is 0 Å². The molecule has 6 nitrogen and oxygen atoms in total. The zero-order valence-corrected chi connectivity index (χ0v) is 9.98. The summed E-state index contributed by atoms with van der Waals surface area (Å²) < 4.78 is 14.5. The highest BCUT2D eigenvalue weighted by molar-refractivity contribution is 6.06. The molecule has 0 atom stereocenters. The molecular weight excluding hydrogens is 240 g/mol. The second-order valence-corrected chi connectivity index (χ2v) is 3.71. The van der Waals surface area contributed by atoms with Crippen LogP contribution in [-0.4, -0.2) is 37.9 Å². The van der Waals surface area contributed by atoms with Crippen molar-refractivity contribution in [3.05, 3.63) is 22.8 Å². The molecule has 0 saturated heterocycles. The molecule has 96 valence electrons. The minimum atomic E-state index is -0.732. The fourth-order valence-electron chi connectivity index (χ4n) is 1.92. The van der Waals surface area contributed by atoms with Crippen LogP contribution in [0.2, 0.25) is 0 Å². The number of carbonyl (C=O) groups is 2. The molecule has 0 spiro atoms. The number of fused-ring (bicyclic) bond motifs is 1. The van der Waals surface area contributed by atoms with Gasteiger partial charge in [0.2, 0.25) is 0 Å². The molecular formula is C12H12O6. The summed E-state index contributed by atoms with van der Waals surface area (Å²) in [6.45, 7) is 0.345. The highest BCUT2D eigenvalue weighted by Gasteiger charge is 2.31. The van der Waals surface area contributed by atoms with Crippen LogP contribution in [0.3, 0.4) is 0 Å². The van der Waals surface area contributed by atoms with E-state index in [2.05, 4.69) is 9.47 Å². The minimum absolute atomic E-state index is 0.00495. The zero-order chi connectivity index (χ0) is 13.3. The summed E-state index contributed by atoms with van der Waals surface area (Å²) in [7, 11) is 2.39. The number of rotatable bonds is 2. The Bertz CT molecular complexity index is 520. The molecule has 0 aromatic heterocycles. The van der Waals surface area contributed by atoms with Gasteiger partial charge in [0.15, 0.2) is 0 Å². The van der Waals surface area contributed by atoms with Gasteiger partial charge in [0.1, 0.15) is 17.1 Å². The summed E-state index contributed by atoms with van der Waals surface area (Å²) in [4.78, 5) is 23.3. The molecule has 2 rings (SSSR count). The Hall–Kier alpha value is -2.24. The number of methoxy groups -OCH3 is 2. The molecule has 1 aromatic carbocycles. The molecule has 1 aromatic rings. The van der Waals surface area contributed by atoms with Gasteiger partial charge in [-0.25, -0.2) is 9.59 Å². The first kappa shape index (κ1) is 12.2. The van der Waals surface area contributed by atoms with Crippen LogP contribution in [0.25, 0.3) is 0 Å². The molecule has 0 aliphatic carbocycles. The minimum Gasteiger partial charge on any atom is -0.508 e. The van der Waals surface area contributed by atoms with Gasteiger partial charge in [0.05, 0.1) is 26.4 Å². The van der Waals surface area contributed by atoms with E-state index in [-0.39, 0.29) is 22.6 Å². The normalized spacial score (nSPS) is 12.6. The Labute approximate surface area is 103 Å². The van der Waals surface area contributed by atoms with E-state index in [4.69, 9.17) is 4.74 Å². The fraction of sp³-hybridized carbons (Fsp3) is 0.333. The Balaban J connectivity index is 2.69. The first-order valence-electron chi connectivity index (χ1n) is 5.28. The van der Waals surface area contributed by atoms with Crippen LogP contribution >= 0.6 is 0 Å². The smallest absolute Gasteiger partial charge is 0.342 e. The maximum Gasteiger partial charge on any atom is 0.342 e. The SMILES string of the molecule is COC(=O)c1cc(O)c2c(c1C(=O)OC)OCC2. The molecule has 6 heteroatoms. The average Bonchev–Trinajstić information content (AvgIpc) is 2.86. The van der Waals surface area contributed by atoms with E-state index < -0.39 is 11.9 Å². The number of hydrogen-bond donors (Lipinski definition) is 1. The number of phenolic OH excluding ortho intramolecular Hbond substituents is 1. The Morgan fingerprint density at radius 2 is 1.94 bits per heavy atom. The zero-order valence-electron chi connectivity index (χ0n) is 9.98. The number of esters is 2. The number of aromatic hydroxyl groups is 1. The maximum atomic E-state index is 11.7. The maximum absolute atomic E-state index is 11.7. The summed E-state index contributed by atoms with van der Waals surface area (Å²) in [6.07, 6.45) is 0.479. The molecule has 0 radical (unpaired) electrons. The van der Waals surface area contributed by atoms with Gasteiger partial charge in [-0.15, -0.1) is 0 Å². The highest BCUT2D eigenvalue weighted by atomic mass is 16.5. The number of ether oxygens (including phenoxy) is 3. The lowest BCUT2D eigenvalue weighted by Crippen LogP contribution is -2.13.